The van der Waals surface area contributed by atoms with E-state index in [9.17, 15) is 9.59 Å². The molecular formula is C24H22Cl2N4O4. The second kappa shape index (κ2) is 10.6. The molecule has 0 atom stereocenters. The van der Waals surface area contributed by atoms with E-state index >= 15 is 0 Å². The van der Waals surface area contributed by atoms with Gasteiger partial charge in [0.2, 0.25) is 0 Å². The lowest BCUT2D eigenvalue weighted by Crippen LogP contribution is -2.29. The minimum Gasteiger partial charge on any atom is -0.482 e. The summed E-state index contributed by atoms with van der Waals surface area (Å²) in [7, 11) is 0. The number of fused-ring (bicyclic) bond motifs is 1. The Labute approximate surface area is 206 Å². The van der Waals surface area contributed by atoms with Crippen LogP contribution in [0, 0.1) is 6.92 Å². The molecule has 1 aliphatic rings. The Kier molecular flexibility index (Phi) is 7.40. The third-order valence-electron chi connectivity index (χ3n) is 5.19. The van der Waals surface area contributed by atoms with Crippen LogP contribution in [0.2, 0.25) is 10.0 Å². The molecule has 0 spiro atoms. The summed E-state index contributed by atoms with van der Waals surface area (Å²) in [6, 6.07) is 14.0. The SMILES string of the molecule is Cc1c(C(=O)NNc2ccccc2)oc2c1/C(=N/NC(=O)COc1ccc(Cl)cc1Cl)CCC2. The summed E-state index contributed by atoms with van der Waals surface area (Å²) in [5, 5.41) is 5.06. The van der Waals surface area contributed by atoms with Gasteiger partial charge in [-0.2, -0.15) is 5.10 Å². The first-order valence-electron chi connectivity index (χ1n) is 10.6. The summed E-state index contributed by atoms with van der Waals surface area (Å²) >= 11 is 11.9. The van der Waals surface area contributed by atoms with E-state index in [1.165, 1.54) is 6.07 Å². The number of furan rings is 1. The number of amides is 2. The van der Waals surface area contributed by atoms with Gasteiger partial charge in [-0.25, -0.2) is 5.43 Å². The molecule has 0 fully saturated rings. The lowest BCUT2D eigenvalue weighted by Gasteiger charge is -2.13. The number of ether oxygens (including phenoxy) is 1. The second-order valence-corrected chi connectivity index (χ2v) is 8.45. The number of carbonyl (C=O) groups is 2. The van der Waals surface area contributed by atoms with Crippen molar-refractivity contribution in [2.75, 3.05) is 12.0 Å². The van der Waals surface area contributed by atoms with Gasteiger partial charge in [0.25, 0.3) is 5.91 Å². The number of aryl methyl sites for hydroxylation is 1. The van der Waals surface area contributed by atoms with Crippen LogP contribution in [0.3, 0.4) is 0 Å². The highest BCUT2D eigenvalue weighted by atomic mass is 35.5. The van der Waals surface area contributed by atoms with Gasteiger partial charge in [-0.15, -0.1) is 0 Å². The van der Waals surface area contributed by atoms with Crippen molar-refractivity contribution in [2.45, 2.75) is 26.2 Å². The average Bonchev–Trinajstić information content (AvgIpc) is 3.18. The maximum absolute atomic E-state index is 12.7. The van der Waals surface area contributed by atoms with E-state index in [2.05, 4.69) is 21.4 Å². The zero-order valence-corrected chi connectivity index (χ0v) is 19.8. The largest absolute Gasteiger partial charge is 0.482 e. The Bertz CT molecular complexity index is 1240. The summed E-state index contributed by atoms with van der Waals surface area (Å²) in [6.07, 6.45) is 2.11. The lowest BCUT2D eigenvalue weighted by atomic mass is 9.93. The molecule has 8 nitrogen and oxygen atoms in total. The number of nitrogens with one attached hydrogen (secondary N) is 3. The minimum atomic E-state index is -0.447. The van der Waals surface area contributed by atoms with Crippen molar-refractivity contribution >= 4 is 46.4 Å². The summed E-state index contributed by atoms with van der Waals surface area (Å²) in [5.74, 6) is 0.379. The highest BCUT2D eigenvalue weighted by Gasteiger charge is 2.28. The van der Waals surface area contributed by atoms with Crippen molar-refractivity contribution in [1.82, 2.24) is 10.9 Å². The number of benzene rings is 2. The third kappa shape index (κ3) is 5.52. The number of halogens is 2. The Morgan fingerprint density at radius 2 is 1.91 bits per heavy atom. The molecule has 1 aromatic heterocycles. The molecule has 34 heavy (non-hydrogen) atoms. The van der Waals surface area contributed by atoms with Crippen LogP contribution >= 0.6 is 23.2 Å². The number of para-hydroxylation sites is 1. The molecule has 2 amide bonds. The lowest BCUT2D eigenvalue weighted by molar-refractivity contribution is -0.123. The predicted octanol–water partition coefficient (Wildman–Crippen LogP) is 4.89. The van der Waals surface area contributed by atoms with E-state index in [4.69, 9.17) is 32.4 Å². The molecule has 0 saturated carbocycles. The fourth-order valence-electron chi connectivity index (χ4n) is 3.60. The summed E-state index contributed by atoms with van der Waals surface area (Å²) in [4.78, 5) is 24.9. The van der Waals surface area contributed by atoms with Crippen LogP contribution in [-0.2, 0) is 11.2 Å². The standard InChI is InChI=1S/C24H22Cl2N4O4/c1-14-22-18(28-29-21(31)13-33-19-11-10-15(25)12-17(19)26)8-5-9-20(22)34-23(14)24(32)30-27-16-6-3-2-4-7-16/h2-4,6-7,10-12,27H,5,8-9,13H2,1H3,(H,29,31)(H,30,32)/b28-18+. The average molecular weight is 501 g/mol. The Morgan fingerprint density at radius 3 is 2.68 bits per heavy atom. The van der Waals surface area contributed by atoms with Gasteiger partial charge in [0, 0.05) is 22.6 Å². The fraction of sp³-hybridized carbons (Fsp3) is 0.208. The van der Waals surface area contributed by atoms with E-state index < -0.39 is 11.8 Å². The first kappa shape index (κ1) is 23.7. The van der Waals surface area contributed by atoms with Gasteiger partial charge in [0.1, 0.15) is 11.5 Å². The molecule has 0 aliphatic heterocycles. The summed E-state index contributed by atoms with van der Waals surface area (Å²) in [6.45, 7) is 1.53. The zero-order chi connectivity index (χ0) is 24.1. The van der Waals surface area contributed by atoms with Crippen LogP contribution in [0.1, 0.15) is 40.3 Å². The normalized spacial score (nSPS) is 13.8. The molecule has 0 bridgehead atoms. The van der Waals surface area contributed by atoms with Crippen LogP contribution < -0.4 is 21.0 Å². The van der Waals surface area contributed by atoms with Gasteiger partial charge in [-0.05, 0) is 50.1 Å². The molecule has 3 N–H and O–H groups in total. The number of carbonyl (C=O) groups excluding carboxylic acids is 2. The van der Waals surface area contributed by atoms with Crippen LogP contribution in [0.5, 0.6) is 5.75 Å². The number of rotatable bonds is 7. The van der Waals surface area contributed by atoms with Crippen LogP contribution in [-0.4, -0.2) is 24.1 Å². The second-order valence-electron chi connectivity index (χ2n) is 7.61. The van der Waals surface area contributed by atoms with Gasteiger partial charge in [-0.1, -0.05) is 41.4 Å². The zero-order valence-electron chi connectivity index (χ0n) is 18.3. The molecule has 1 aliphatic carbocycles. The number of hydrazine groups is 1. The number of hydrogen-bond donors (Lipinski definition) is 3. The first-order chi connectivity index (χ1) is 16.4. The number of hydrazone groups is 1. The van der Waals surface area contributed by atoms with Gasteiger partial charge < -0.3 is 9.15 Å². The Balaban J connectivity index is 1.41. The highest BCUT2D eigenvalue weighted by Crippen LogP contribution is 2.30. The molecule has 0 unspecified atom stereocenters. The fourth-order valence-corrected chi connectivity index (χ4v) is 4.06. The number of hydrogen-bond acceptors (Lipinski definition) is 6. The van der Waals surface area contributed by atoms with Gasteiger partial charge in [0.05, 0.1) is 16.4 Å². The van der Waals surface area contributed by atoms with Crippen LogP contribution in [0.25, 0.3) is 0 Å². The van der Waals surface area contributed by atoms with E-state index in [0.29, 0.717) is 45.7 Å². The van der Waals surface area contributed by atoms with Crippen molar-refractivity contribution in [3.8, 4) is 5.75 Å². The molecule has 0 saturated heterocycles. The van der Waals surface area contributed by atoms with Crippen LogP contribution in [0.15, 0.2) is 58.0 Å². The molecular weight excluding hydrogens is 479 g/mol. The summed E-state index contributed by atoms with van der Waals surface area (Å²) < 4.78 is 11.3. The van der Waals surface area contributed by atoms with Crippen molar-refractivity contribution in [2.24, 2.45) is 5.10 Å². The van der Waals surface area contributed by atoms with Crippen molar-refractivity contribution in [3.63, 3.8) is 0 Å². The first-order valence-corrected chi connectivity index (χ1v) is 11.3. The van der Waals surface area contributed by atoms with Crippen LogP contribution in [0.4, 0.5) is 5.69 Å². The van der Waals surface area contributed by atoms with Crippen molar-refractivity contribution in [1.29, 1.82) is 0 Å². The Morgan fingerprint density at radius 1 is 1.12 bits per heavy atom. The van der Waals surface area contributed by atoms with E-state index in [-0.39, 0.29) is 12.4 Å². The van der Waals surface area contributed by atoms with E-state index in [1.54, 1.807) is 19.1 Å². The topological polar surface area (TPSA) is 105 Å². The Hall–Kier alpha value is -3.49. The highest BCUT2D eigenvalue weighted by molar-refractivity contribution is 6.35. The van der Waals surface area contributed by atoms with E-state index in [1.807, 2.05) is 30.3 Å². The maximum atomic E-state index is 12.7. The third-order valence-corrected chi connectivity index (χ3v) is 5.72. The van der Waals surface area contributed by atoms with Gasteiger partial charge in [-0.3, -0.25) is 20.4 Å². The molecule has 2 aromatic carbocycles. The van der Waals surface area contributed by atoms with Crippen molar-refractivity contribution in [3.05, 3.63) is 81.2 Å². The molecule has 3 aromatic rings. The number of nitrogens with zero attached hydrogens (tertiary/aromatic N) is 1. The smallest absolute Gasteiger partial charge is 0.305 e. The predicted molar refractivity (Wildman–Crippen MR) is 131 cm³/mol. The molecule has 1 heterocycles. The quantitative estimate of drug-likeness (QED) is 0.400. The maximum Gasteiger partial charge on any atom is 0.305 e. The van der Waals surface area contributed by atoms with Gasteiger partial charge in [0.15, 0.2) is 12.4 Å². The molecule has 176 valence electrons. The molecule has 4 rings (SSSR count). The minimum absolute atomic E-state index is 0.204. The number of anilines is 1. The van der Waals surface area contributed by atoms with Crippen molar-refractivity contribution < 1.29 is 18.7 Å². The monoisotopic (exact) mass is 500 g/mol. The molecule has 10 heteroatoms. The molecule has 0 radical (unpaired) electrons. The van der Waals surface area contributed by atoms with E-state index in [0.717, 1.165) is 17.7 Å². The summed E-state index contributed by atoms with van der Waals surface area (Å²) in [5.41, 5.74) is 10.8. The van der Waals surface area contributed by atoms with Gasteiger partial charge >= 0.3 is 5.91 Å².